The summed E-state index contributed by atoms with van der Waals surface area (Å²) in [4.78, 5) is 10.5. The van der Waals surface area contributed by atoms with E-state index in [0.717, 1.165) is 49.7 Å². The van der Waals surface area contributed by atoms with Crippen molar-refractivity contribution in [3.05, 3.63) is 0 Å². The second-order valence-corrected chi connectivity index (χ2v) is 8.32. The molecule has 1 atom stereocenters. The standard InChI is InChI=1S/C21H43NO3/c1-4-5-6-7-8-9-10-11-13-16-20(23)19-22(2,3)18-15-12-14-17-21(24)25/h20,23H,4-19H2,1-3H3/p+1. The molecule has 0 aliphatic rings. The lowest BCUT2D eigenvalue weighted by Gasteiger charge is -2.32. The smallest absolute Gasteiger partial charge is 0.303 e. The first-order chi connectivity index (χ1) is 11.9. The van der Waals surface area contributed by atoms with Crippen molar-refractivity contribution in [2.45, 2.75) is 103 Å². The number of nitrogens with zero attached hydrogens (tertiary/aromatic N) is 1. The SMILES string of the molecule is CCCCCCCCCCCC(O)C[N+](C)(C)CCCCCC(=O)O. The van der Waals surface area contributed by atoms with Gasteiger partial charge < -0.3 is 14.7 Å². The summed E-state index contributed by atoms with van der Waals surface area (Å²) in [7, 11) is 4.33. The van der Waals surface area contributed by atoms with Gasteiger partial charge in [-0.15, -0.1) is 0 Å². The van der Waals surface area contributed by atoms with E-state index >= 15 is 0 Å². The first kappa shape index (κ1) is 24.4. The molecule has 0 spiro atoms. The number of carboxylic acids is 1. The van der Waals surface area contributed by atoms with Crippen LogP contribution in [0.15, 0.2) is 0 Å². The molecule has 4 nitrogen and oxygen atoms in total. The number of hydrogen-bond acceptors (Lipinski definition) is 2. The number of quaternary nitrogens is 1. The molecule has 0 aliphatic carbocycles. The van der Waals surface area contributed by atoms with Crippen molar-refractivity contribution in [3.63, 3.8) is 0 Å². The average Bonchev–Trinajstić information content (AvgIpc) is 2.52. The Balaban J connectivity index is 3.55. The first-order valence-corrected chi connectivity index (χ1v) is 10.6. The quantitative estimate of drug-likeness (QED) is 0.268. The van der Waals surface area contributed by atoms with Crippen molar-refractivity contribution in [3.8, 4) is 0 Å². The van der Waals surface area contributed by atoms with E-state index in [4.69, 9.17) is 5.11 Å². The van der Waals surface area contributed by atoms with E-state index in [1.807, 2.05) is 0 Å². The third-order valence-electron chi connectivity index (χ3n) is 5.00. The van der Waals surface area contributed by atoms with Crippen molar-refractivity contribution >= 4 is 5.97 Å². The molecule has 2 N–H and O–H groups in total. The molecule has 0 rings (SSSR count). The van der Waals surface area contributed by atoms with Gasteiger partial charge in [0.25, 0.3) is 0 Å². The van der Waals surface area contributed by atoms with Gasteiger partial charge in [-0.25, -0.2) is 0 Å². The number of carboxylic acid groups (broad SMARTS) is 1. The van der Waals surface area contributed by atoms with E-state index in [-0.39, 0.29) is 12.5 Å². The molecule has 0 aromatic heterocycles. The van der Waals surface area contributed by atoms with Crippen LogP contribution in [0.1, 0.15) is 96.8 Å². The monoisotopic (exact) mass is 358 g/mol. The fraction of sp³-hybridized carbons (Fsp3) is 0.952. The van der Waals surface area contributed by atoms with Crippen LogP contribution in [0.25, 0.3) is 0 Å². The van der Waals surface area contributed by atoms with Crippen LogP contribution in [0.3, 0.4) is 0 Å². The summed E-state index contributed by atoms with van der Waals surface area (Å²) >= 11 is 0. The van der Waals surface area contributed by atoms with Crippen LogP contribution >= 0.6 is 0 Å². The molecule has 0 aromatic rings. The van der Waals surface area contributed by atoms with Crippen LogP contribution in [0.2, 0.25) is 0 Å². The lowest BCUT2D eigenvalue weighted by atomic mass is 10.0. The van der Waals surface area contributed by atoms with Gasteiger partial charge in [0.05, 0.1) is 20.6 Å². The lowest BCUT2D eigenvalue weighted by molar-refractivity contribution is -0.893. The second kappa shape index (κ2) is 15.6. The molecule has 25 heavy (non-hydrogen) atoms. The highest BCUT2D eigenvalue weighted by atomic mass is 16.4. The molecule has 0 bridgehead atoms. The summed E-state index contributed by atoms with van der Waals surface area (Å²) in [6, 6.07) is 0. The summed E-state index contributed by atoms with van der Waals surface area (Å²) in [5.74, 6) is -0.704. The van der Waals surface area contributed by atoms with Gasteiger partial charge in [0.2, 0.25) is 0 Å². The van der Waals surface area contributed by atoms with Crippen LogP contribution in [0, 0.1) is 0 Å². The van der Waals surface area contributed by atoms with Gasteiger partial charge in [0.1, 0.15) is 12.6 Å². The molecule has 0 radical (unpaired) electrons. The number of carbonyl (C=O) groups is 1. The van der Waals surface area contributed by atoms with Crippen molar-refractivity contribution in [2.75, 3.05) is 27.2 Å². The summed E-state index contributed by atoms with van der Waals surface area (Å²) < 4.78 is 0.825. The maximum Gasteiger partial charge on any atom is 0.303 e. The summed E-state index contributed by atoms with van der Waals surface area (Å²) in [6.45, 7) is 4.06. The van der Waals surface area contributed by atoms with Gasteiger partial charge in [-0.05, 0) is 25.7 Å². The third-order valence-corrected chi connectivity index (χ3v) is 5.00. The molecule has 0 aliphatic heterocycles. The maximum atomic E-state index is 10.5. The Morgan fingerprint density at radius 1 is 0.840 bits per heavy atom. The zero-order chi connectivity index (χ0) is 19.0. The Morgan fingerprint density at radius 2 is 1.36 bits per heavy atom. The Labute approximate surface area is 156 Å². The van der Waals surface area contributed by atoms with E-state index in [1.165, 1.54) is 51.4 Å². The zero-order valence-corrected chi connectivity index (χ0v) is 17.1. The number of aliphatic hydroxyl groups is 1. The van der Waals surface area contributed by atoms with Gasteiger partial charge in [0.15, 0.2) is 0 Å². The van der Waals surface area contributed by atoms with Crippen LogP contribution in [-0.4, -0.2) is 54.0 Å². The summed E-state index contributed by atoms with van der Waals surface area (Å²) in [6.07, 6.45) is 15.6. The molecule has 150 valence electrons. The van der Waals surface area contributed by atoms with Gasteiger partial charge in [0, 0.05) is 6.42 Å². The molecule has 0 saturated heterocycles. The minimum Gasteiger partial charge on any atom is -0.481 e. The Morgan fingerprint density at radius 3 is 1.92 bits per heavy atom. The Hall–Kier alpha value is -0.610. The average molecular weight is 359 g/mol. The molecular formula is C21H44NO3+. The molecule has 0 amide bonds. The normalized spacial score (nSPS) is 13.1. The molecular weight excluding hydrogens is 314 g/mol. The number of hydrogen-bond donors (Lipinski definition) is 2. The fourth-order valence-corrected chi connectivity index (χ4v) is 3.44. The molecule has 0 saturated carbocycles. The highest BCUT2D eigenvalue weighted by molar-refractivity contribution is 5.66. The van der Waals surface area contributed by atoms with Gasteiger partial charge in [-0.2, -0.15) is 0 Å². The predicted molar refractivity (Wildman–Crippen MR) is 106 cm³/mol. The number of likely N-dealkylation sites (N-methyl/N-ethyl adjacent to an activating group) is 1. The largest absolute Gasteiger partial charge is 0.481 e. The van der Waals surface area contributed by atoms with E-state index in [9.17, 15) is 9.90 Å². The first-order valence-electron chi connectivity index (χ1n) is 10.6. The van der Waals surface area contributed by atoms with Crippen LogP contribution < -0.4 is 0 Å². The maximum absolute atomic E-state index is 10.5. The van der Waals surface area contributed by atoms with Gasteiger partial charge >= 0.3 is 5.97 Å². The van der Waals surface area contributed by atoms with Crippen LogP contribution in [0.5, 0.6) is 0 Å². The van der Waals surface area contributed by atoms with E-state index in [0.29, 0.717) is 0 Å². The summed E-state index contributed by atoms with van der Waals surface area (Å²) in [5.41, 5.74) is 0. The number of aliphatic carboxylic acids is 1. The topological polar surface area (TPSA) is 57.5 Å². The molecule has 1 unspecified atom stereocenters. The molecule has 4 heteroatoms. The number of aliphatic hydroxyl groups excluding tert-OH is 1. The van der Waals surface area contributed by atoms with Crippen molar-refractivity contribution < 1.29 is 19.5 Å². The van der Waals surface area contributed by atoms with Crippen LogP contribution in [0.4, 0.5) is 0 Å². The van der Waals surface area contributed by atoms with Crippen molar-refractivity contribution in [1.82, 2.24) is 0 Å². The minimum atomic E-state index is -0.704. The van der Waals surface area contributed by atoms with Crippen molar-refractivity contribution in [2.24, 2.45) is 0 Å². The van der Waals surface area contributed by atoms with Crippen LogP contribution in [-0.2, 0) is 4.79 Å². The van der Waals surface area contributed by atoms with Crippen molar-refractivity contribution in [1.29, 1.82) is 0 Å². The fourth-order valence-electron chi connectivity index (χ4n) is 3.44. The third kappa shape index (κ3) is 18.0. The van der Waals surface area contributed by atoms with E-state index in [1.54, 1.807) is 0 Å². The Kier molecular flexibility index (Phi) is 15.2. The van der Waals surface area contributed by atoms with Gasteiger partial charge in [-0.1, -0.05) is 64.7 Å². The Bertz CT molecular complexity index is 318. The number of rotatable bonds is 18. The highest BCUT2D eigenvalue weighted by Gasteiger charge is 2.19. The summed E-state index contributed by atoms with van der Waals surface area (Å²) in [5, 5.41) is 18.9. The van der Waals surface area contributed by atoms with E-state index in [2.05, 4.69) is 21.0 Å². The van der Waals surface area contributed by atoms with Gasteiger partial charge in [-0.3, -0.25) is 4.79 Å². The molecule has 0 aromatic carbocycles. The number of unbranched alkanes of at least 4 members (excludes halogenated alkanes) is 10. The molecule has 0 heterocycles. The highest BCUT2D eigenvalue weighted by Crippen LogP contribution is 2.13. The second-order valence-electron chi connectivity index (χ2n) is 8.32. The van der Waals surface area contributed by atoms with E-state index < -0.39 is 5.97 Å². The lowest BCUT2D eigenvalue weighted by Crippen LogP contribution is -2.46. The zero-order valence-electron chi connectivity index (χ0n) is 17.1. The molecule has 0 fully saturated rings. The predicted octanol–water partition coefficient (Wildman–Crippen LogP) is 4.99. The minimum absolute atomic E-state index is 0.210.